The molecule has 0 aromatic carbocycles. The molecule has 0 saturated heterocycles. The lowest BCUT2D eigenvalue weighted by Gasteiger charge is -2.13. The van der Waals surface area contributed by atoms with Crippen LogP contribution in [0.3, 0.4) is 0 Å². The standard InChI is InChI=1S/C14H28O3/c1-4-7-8-11-14(15)17-16-12-13(9-5-2)10-6-3/h13H,4-12H2,1-3H3. The van der Waals surface area contributed by atoms with E-state index in [9.17, 15) is 4.79 Å². The second-order valence-electron chi connectivity index (χ2n) is 4.64. The van der Waals surface area contributed by atoms with Gasteiger partial charge in [0.05, 0.1) is 6.61 Å². The molecule has 0 heterocycles. The summed E-state index contributed by atoms with van der Waals surface area (Å²) in [6.07, 6.45) is 8.14. The van der Waals surface area contributed by atoms with Crippen LogP contribution in [0.25, 0.3) is 0 Å². The Bertz CT molecular complexity index is 174. The maximum absolute atomic E-state index is 11.3. The van der Waals surface area contributed by atoms with Gasteiger partial charge in [-0.2, -0.15) is 4.89 Å². The first-order chi connectivity index (χ1) is 8.24. The number of carbonyl (C=O) groups is 1. The maximum atomic E-state index is 11.3. The predicted molar refractivity (Wildman–Crippen MR) is 69.5 cm³/mol. The number of hydrogen-bond acceptors (Lipinski definition) is 3. The highest BCUT2D eigenvalue weighted by Gasteiger charge is 2.09. The highest BCUT2D eigenvalue weighted by Crippen LogP contribution is 2.14. The highest BCUT2D eigenvalue weighted by molar-refractivity contribution is 5.68. The molecule has 0 bridgehead atoms. The van der Waals surface area contributed by atoms with Gasteiger partial charge in [-0.3, -0.25) is 4.89 Å². The average Bonchev–Trinajstić information content (AvgIpc) is 2.30. The van der Waals surface area contributed by atoms with Crippen LogP contribution in [0.1, 0.15) is 72.1 Å². The molecule has 3 nitrogen and oxygen atoms in total. The molecule has 0 fully saturated rings. The van der Waals surface area contributed by atoms with Gasteiger partial charge in [0.25, 0.3) is 0 Å². The Labute approximate surface area is 106 Å². The topological polar surface area (TPSA) is 35.5 Å². The third-order valence-corrected chi connectivity index (χ3v) is 2.83. The van der Waals surface area contributed by atoms with E-state index in [4.69, 9.17) is 9.78 Å². The van der Waals surface area contributed by atoms with E-state index in [0.717, 1.165) is 44.9 Å². The van der Waals surface area contributed by atoms with Gasteiger partial charge in [0.2, 0.25) is 0 Å². The highest BCUT2D eigenvalue weighted by atomic mass is 17.2. The van der Waals surface area contributed by atoms with Crippen molar-refractivity contribution in [1.29, 1.82) is 0 Å². The molecule has 0 unspecified atom stereocenters. The molecular weight excluding hydrogens is 216 g/mol. The zero-order chi connectivity index (χ0) is 12.9. The number of rotatable bonds is 11. The molecule has 0 radical (unpaired) electrons. The molecule has 0 amide bonds. The Balaban J connectivity index is 3.54. The Morgan fingerprint density at radius 2 is 1.65 bits per heavy atom. The Kier molecular flexibility index (Phi) is 11.5. The van der Waals surface area contributed by atoms with Crippen LogP contribution in [0, 0.1) is 5.92 Å². The summed E-state index contributed by atoms with van der Waals surface area (Å²) < 4.78 is 0. The predicted octanol–water partition coefficient (Wildman–Crippen LogP) is 4.26. The summed E-state index contributed by atoms with van der Waals surface area (Å²) in [7, 11) is 0. The lowest BCUT2D eigenvalue weighted by atomic mass is 10.00. The average molecular weight is 244 g/mol. The van der Waals surface area contributed by atoms with Crippen LogP contribution in [0.5, 0.6) is 0 Å². The van der Waals surface area contributed by atoms with Gasteiger partial charge < -0.3 is 0 Å². The largest absolute Gasteiger partial charge is 0.342 e. The molecule has 102 valence electrons. The van der Waals surface area contributed by atoms with E-state index < -0.39 is 0 Å². The van der Waals surface area contributed by atoms with Crippen LogP contribution >= 0.6 is 0 Å². The zero-order valence-electron chi connectivity index (χ0n) is 11.7. The summed E-state index contributed by atoms with van der Waals surface area (Å²) in [6, 6.07) is 0. The van der Waals surface area contributed by atoms with E-state index in [0.29, 0.717) is 18.9 Å². The molecule has 0 spiro atoms. The number of unbranched alkanes of at least 4 members (excludes halogenated alkanes) is 2. The fraction of sp³-hybridized carbons (Fsp3) is 0.929. The monoisotopic (exact) mass is 244 g/mol. The molecule has 0 aromatic rings. The third kappa shape index (κ3) is 10.3. The lowest BCUT2D eigenvalue weighted by molar-refractivity contribution is -0.278. The van der Waals surface area contributed by atoms with Gasteiger partial charge in [0.1, 0.15) is 0 Å². The van der Waals surface area contributed by atoms with Gasteiger partial charge in [-0.1, -0.05) is 46.5 Å². The molecule has 17 heavy (non-hydrogen) atoms. The Morgan fingerprint density at radius 3 is 2.18 bits per heavy atom. The van der Waals surface area contributed by atoms with E-state index >= 15 is 0 Å². The summed E-state index contributed by atoms with van der Waals surface area (Å²) >= 11 is 0. The first-order valence-electron chi connectivity index (χ1n) is 7.06. The van der Waals surface area contributed by atoms with Crippen molar-refractivity contribution in [2.45, 2.75) is 72.1 Å². The van der Waals surface area contributed by atoms with Gasteiger partial charge in [0.15, 0.2) is 0 Å². The van der Waals surface area contributed by atoms with Crippen molar-refractivity contribution >= 4 is 5.97 Å². The van der Waals surface area contributed by atoms with E-state index in [1.807, 2.05) is 0 Å². The van der Waals surface area contributed by atoms with Crippen molar-refractivity contribution in [2.75, 3.05) is 6.61 Å². The maximum Gasteiger partial charge on any atom is 0.342 e. The van der Waals surface area contributed by atoms with Crippen LogP contribution in [0.2, 0.25) is 0 Å². The van der Waals surface area contributed by atoms with E-state index in [1.54, 1.807) is 0 Å². The molecule has 0 aliphatic heterocycles. The second-order valence-corrected chi connectivity index (χ2v) is 4.64. The summed E-state index contributed by atoms with van der Waals surface area (Å²) in [5, 5.41) is 0. The van der Waals surface area contributed by atoms with Crippen LogP contribution < -0.4 is 0 Å². The summed E-state index contributed by atoms with van der Waals surface area (Å²) in [6.45, 7) is 6.99. The first-order valence-corrected chi connectivity index (χ1v) is 7.06. The summed E-state index contributed by atoms with van der Waals surface area (Å²) in [5.41, 5.74) is 0. The van der Waals surface area contributed by atoms with Gasteiger partial charge in [0, 0.05) is 6.42 Å². The van der Waals surface area contributed by atoms with Crippen molar-refractivity contribution in [3.63, 3.8) is 0 Å². The smallest absolute Gasteiger partial charge is 0.298 e. The minimum atomic E-state index is -0.231. The van der Waals surface area contributed by atoms with Gasteiger partial charge >= 0.3 is 5.97 Å². The molecule has 0 aliphatic carbocycles. The Hall–Kier alpha value is -0.570. The second kappa shape index (κ2) is 11.9. The van der Waals surface area contributed by atoms with Crippen molar-refractivity contribution in [1.82, 2.24) is 0 Å². The molecule has 0 aromatic heterocycles. The first kappa shape index (κ1) is 16.4. The summed E-state index contributed by atoms with van der Waals surface area (Å²) in [4.78, 5) is 21.1. The summed E-state index contributed by atoms with van der Waals surface area (Å²) in [5.74, 6) is 0.290. The van der Waals surface area contributed by atoms with Gasteiger partial charge in [-0.15, -0.1) is 0 Å². The van der Waals surface area contributed by atoms with Crippen LogP contribution in [-0.2, 0) is 14.6 Å². The van der Waals surface area contributed by atoms with Gasteiger partial charge in [-0.25, -0.2) is 4.79 Å². The number of carbonyl (C=O) groups excluding carboxylic acids is 1. The Morgan fingerprint density at radius 1 is 1.00 bits per heavy atom. The molecule has 3 heteroatoms. The minimum absolute atomic E-state index is 0.231. The van der Waals surface area contributed by atoms with Crippen molar-refractivity contribution in [3.8, 4) is 0 Å². The SMILES string of the molecule is CCCCCC(=O)OOCC(CCC)CCC. The zero-order valence-corrected chi connectivity index (χ0v) is 11.7. The van der Waals surface area contributed by atoms with Gasteiger partial charge in [-0.05, 0) is 25.2 Å². The number of hydrogen-bond donors (Lipinski definition) is 0. The molecule has 0 N–H and O–H groups in total. The van der Waals surface area contributed by atoms with Crippen molar-refractivity contribution in [2.24, 2.45) is 5.92 Å². The third-order valence-electron chi connectivity index (χ3n) is 2.83. The molecule has 0 atom stereocenters. The van der Waals surface area contributed by atoms with E-state index in [1.165, 1.54) is 0 Å². The van der Waals surface area contributed by atoms with E-state index in [2.05, 4.69) is 20.8 Å². The van der Waals surface area contributed by atoms with Crippen LogP contribution in [-0.4, -0.2) is 12.6 Å². The molecule has 0 aliphatic rings. The van der Waals surface area contributed by atoms with Crippen molar-refractivity contribution in [3.05, 3.63) is 0 Å². The molecule has 0 saturated carbocycles. The lowest BCUT2D eigenvalue weighted by Crippen LogP contribution is -2.13. The van der Waals surface area contributed by atoms with Crippen LogP contribution in [0.4, 0.5) is 0 Å². The normalized spacial score (nSPS) is 10.8. The van der Waals surface area contributed by atoms with Crippen molar-refractivity contribution < 1.29 is 14.6 Å². The molecule has 0 rings (SSSR count). The fourth-order valence-electron chi connectivity index (χ4n) is 1.88. The minimum Gasteiger partial charge on any atom is -0.298 e. The molecular formula is C14H28O3. The quantitative estimate of drug-likeness (QED) is 0.309. The van der Waals surface area contributed by atoms with E-state index in [-0.39, 0.29) is 5.97 Å². The van der Waals surface area contributed by atoms with Crippen LogP contribution in [0.15, 0.2) is 0 Å². The fourth-order valence-corrected chi connectivity index (χ4v) is 1.88.